The van der Waals surface area contributed by atoms with Gasteiger partial charge in [-0.15, -0.1) is 0 Å². The van der Waals surface area contributed by atoms with Crippen molar-refractivity contribution in [2.24, 2.45) is 0 Å². The molecule has 0 saturated carbocycles. The number of halogens is 2. The van der Waals surface area contributed by atoms with Gasteiger partial charge in [-0.1, -0.05) is 0 Å². The fraction of sp³-hybridized carbons (Fsp3) is 0.222. The van der Waals surface area contributed by atoms with Crippen molar-refractivity contribution in [3.05, 3.63) is 33.4 Å². The molecule has 5 nitrogen and oxygen atoms in total. The Hall–Kier alpha value is -1.14. The van der Waals surface area contributed by atoms with Crippen LogP contribution in [0.4, 0.5) is 5.82 Å². The molecule has 0 saturated heterocycles. The number of nitrogens with zero attached hydrogens (tertiary/aromatic N) is 3. The van der Waals surface area contributed by atoms with Gasteiger partial charge in [0.1, 0.15) is 5.82 Å². The summed E-state index contributed by atoms with van der Waals surface area (Å²) in [7, 11) is 0. The van der Waals surface area contributed by atoms with Crippen molar-refractivity contribution in [1.29, 1.82) is 0 Å². The Bertz CT molecular complexity index is 498. The lowest BCUT2D eigenvalue weighted by atomic mass is 10.2. The lowest BCUT2D eigenvalue weighted by Gasteiger charge is -2.06. The maximum Gasteiger partial charge on any atom is 0.224 e. The first-order chi connectivity index (χ1) is 7.66. The minimum Gasteiger partial charge on any atom is -0.365 e. The van der Waals surface area contributed by atoms with Crippen molar-refractivity contribution >= 4 is 33.3 Å². The molecule has 2 aromatic rings. The maximum atomic E-state index is 5.71. The summed E-state index contributed by atoms with van der Waals surface area (Å²) in [4.78, 5) is 7.92. The summed E-state index contributed by atoms with van der Waals surface area (Å²) in [5.74, 6) is 0.667. The highest BCUT2D eigenvalue weighted by atomic mass is 79.9. The number of aromatic amines is 1. The molecule has 0 aromatic carbocycles. The van der Waals surface area contributed by atoms with Gasteiger partial charge in [-0.05, 0) is 34.5 Å². The van der Waals surface area contributed by atoms with Crippen LogP contribution < -0.4 is 5.32 Å². The maximum absolute atomic E-state index is 5.71. The molecule has 2 heterocycles. The molecule has 0 aliphatic rings. The van der Waals surface area contributed by atoms with Crippen LogP contribution in [0.2, 0.25) is 5.28 Å². The third-order valence-electron chi connectivity index (χ3n) is 2.10. The standard InChI is InChI=1S/C9H9BrClN5/c1-5-6(3-14-16-5)2-12-8-7(10)4-13-9(11)15-8/h3-4H,2H2,1H3,(H,14,16)(H,12,13,15). The van der Waals surface area contributed by atoms with Crippen molar-refractivity contribution in [2.45, 2.75) is 13.5 Å². The molecule has 0 atom stereocenters. The van der Waals surface area contributed by atoms with Crippen LogP contribution >= 0.6 is 27.5 Å². The first-order valence-corrected chi connectivity index (χ1v) is 5.74. The number of rotatable bonds is 3. The molecule has 7 heteroatoms. The third kappa shape index (κ3) is 2.51. The molecular weight excluding hydrogens is 293 g/mol. The van der Waals surface area contributed by atoms with E-state index in [4.69, 9.17) is 11.6 Å². The van der Waals surface area contributed by atoms with Gasteiger partial charge in [0.25, 0.3) is 0 Å². The van der Waals surface area contributed by atoms with Crippen LogP contribution in [-0.2, 0) is 6.54 Å². The molecule has 16 heavy (non-hydrogen) atoms. The van der Waals surface area contributed by atoms with Crippen LogP contribution in [0.3, 0.4) is 0 Å². The molecule has 84 valence electrons. The minimum atomic E-state index is 0.217. The van der Waals surface area contributed by atoms with E-state index >= 15 is 0 Å². The predicted octanol–water partition coefficient (Wildman–Crippen LogP) is 2.54. The Kier molecular flexibility index (Phi) is 3.40. The Morgan fingerprint density at radius 2 is 2.31 bits per heavy atom. The van der Waals surface area contributed by atoms with Gasteiger partial charge in [0.05, 0.1) is 10.7 Å². The van der Waals surface area contributed by atoms with Crippen molar-refractivity contribution in [1.82, 2.24) is 20.2 Å². The molecular formula is C9H9BrClN5. The van der Waals surface area contributed by atoms with E-state index in [-0.39, 0.29) is 5.28 Å². The molecule has 0 aliphatic heterocycles. The Morgan fingerprint density at radius 1 is 1.50 bits per heavy atom. The quantitative estimate of drug-likeness (QED) is 0.855. The van der Waals surface area contributed by atoms with Crippen molar-refractivity contribution in [3.63, 3.8) is 0 Å². The van der Waals surface area contributed by atoms with Crippen molar-refractivity contribution in [2.75, 3.05) is 5.32 Å². The van der Waals surface area contributed by atoms with Crippen molar-refractivity contribution in [3.8, 4) is 0 Å². The highest BCUT2D eigenvalue weighted by Gasteiger charge is 2.05. The molecule has 0 unspecified atom stereocenters. The zero-order valence-electron chi connectivity index (χ0n) is 8.46. The van der Waals surface area contributed by atoms with Gasteiger partial charge < -0.3 is 5.32 Å². The highest BCUT2D eigenvalue weighted by molar-refractivity contribution is 9.10. The molecule has 2 rings (SSSR count). The Labute approximate surface area is 106 Å². The van der Waals surface area contributed by atoms with Gasteiger partial charge in [-0.2, -0.15) is 10.1 Å². The zero-order chi connectivity index (χ0) is 11.5. The average Bonchev–Trinajstić information content (AvgIpc) is 2.66. The number of H-pyrrole nitrogens is 1. The fourth-order valence-corrected chi connectivity index (χ4v) is 1.67. The third-order valence-corrected chi connectivity index (χ3v) is 2.86. The SMILES string of the molecule is Cc1[nH]ncc1CNc1nc(Cl)ncc1Br. The number of aryl methyl sites for hydroxylation is 1. The lowest BCUT2D eigenvalue weighted by molar-refractivity contribution is 1.03. The minimum absolute atomic E-state index is 0.217. The van der Waals surface area contributed by atoms with Gasteiger partial charge in [0.2, 0.25) is 5.28 Å². The zero-order valence-corrected chi connectivity index (χ0v) is 10.8. The average molecular weight is 303 g/mol. The fourth-order valence-electron chi connectivity index (χ4n) is 1.20. The molecule has 0 radical (unpaired) electrons. The van der Waals surface area contributed by atoms with Crippen LogP contribution in [0.15, 0.2) is 16.9 Å². The molecule has 0 amide bonds. The smallest absolute Gasteiger partial charge is 0.224 e. The first kappa shape index (κ1) is 11.3. The summed E-state index contributed by atoms with van der Waals surface area (Å²) in [5, 5.41) is 10.2. The monoisotopic (exact) mass is 301 g/mol. The number of hydrogen-bond acceptors (Lipinski definition) is 4. The van der Waals surface area contributed by atoms with E-state index in [0.29, 0.717) is 12.4 Å². The second kappa shape index (κ2) is 4.80. The van der Waals surface area contributed by atoms with Crippen molar-refractivity contribution < 1.29 is 0 Å². The summed E-state index contributed by atoms with van der Waals surface area (Å²) in [6, 6.07) is 0. The molecule has 0 aliphatic carbocycles. The van der Waals surface area contributed by atoms with Gasteiger partial charge in [0, 0.05) is 24.0 Å². The van der Waals surface area contributed by atoms with Crippen LogP contribution in [-0.4, -0.2) is 20.2 Å². The summed E-state index contributed by atoms with van der Waals surface area (Å²) in [5.41, 5.74) is 2.12. The Balaban J connectivity index is 2.10. The Morgan fingerprint density at radius 3 is 3.00 bits per heavy atom. The number of aromatic nitrogens is 4. The largest absolute Gasteiger partial charge is 0.365 e. The normalized spacial score (nSPS) is 10.4. The van der Waals surface area contributed by atoms with Crippen LogP contribution in [0.25, 0.3) is 0 Å². The van der Waals surface area contributed by atoms with E-state index in [0.717, 1.165) is 15.7 Å². The second-order valence-electron chi connectivity index (χ2n) is 3.21. The van der Waals surface area contributed by atoms with Gasteiger partial charge in [-0.25, -0.2) is 4.98 Å². The van der Waals surface area contributed by atoms with Gasteiger partial charge >= 0.3 is 0 Å². The van der Waals surface area contributed by atoms with E-state index in [1.165, 1.54) is 0 Å². The molecule has 0 spiro atoms. The van der Waals surface area contributed by atoms with Crippen LogP contribution in [0, 0.1) is 6.92 Å². The molecule has 0 fully saturated rings. The van der Waals surface area contributed by atoms with Crippen LogP contribution in [0.5, 0.6) is 0 Å². The predicted molar refractivity (Wildman–Crippen MR) is 65.4 cm³/mol. The molecule has 2 aromatic heterocycles. The topological polar surface area (TPSA) is 66.5 Å². The molecule has 0 bridgehead atoms. The summed E-state index contributed by atoms with van der Waals surface area (Å²) >= 11 is 9.05. The number of nitrogens with one attached hydrogen (secondary N) is 2. The summed E-state index contributed by atoms with van der Waals surface area (Å²) in [6.07, 6.45) is 3.39. The van der Waals surface area contributed by atoms with E-state index in [9.17, 15) is 0 Å². The summed E-state index contributed by atoms with van der Waals surface area (Å²) in [6.45, 7) is 2.60. The molecule has 2 N–H and O–H groups in total. The number of hydrogen-bond donors (Lipinski definition) is 2. The lowest BCUT2D eigenvalue weighted by Crippen LogP contribution is -2.03. The first-order valence-electron chi connectivity index (χ1n) is 4.57. The highest BCUT2D eigenvalue weighted by Crippen LogP contribution is 2.20. The second-order valence-corrected chi connectivity index (χ2v) is 4.40. The van der Waals surface area contributed by atoms with Gasteiger partial charge in [0.15, 0.2) is 0 Å². The van der Waals surface area contributed by atoms with Crippen LogP contribution in [0.1, 0.15) is 11.3 Å². The van der Waals surface area contributed by atoms with E-state index < -0.39 is 0 Å². The summed E-state index contributed by atoms with van der Waals surface area (Å²) < 4.78 is 0.776. The van der Waals surface area contributed by atoms with Gasteiger partial charge in [-0.3, -0.25) is 5.10 Å². The van der Waals surface area contributed by atoms with E-state index in [2.05, 4.69) is 41.4 Å². The van der Waals surface area contributed by atoms with E-state index in [1.54, 1.807) is 12.4 Å². The number of anilines is 1. The van der Waals surface area contributed by atoms with E-state index in [1.807, 2.05) is 6.92 Å².